The molecule has 3 heteroatoms. The van der Waals surface area contributed by atoms with Gasteiger partial charge in [-0.15, -0.1) is 0 Å². The van der Waals surface area contributed by atoms with Crippen molar-refractivity contribution in [3.05, 3.63) is 35.9 Å². The molecular weight excluding hydrogens is 188 g/mol. The van der Waals surface area contributed by atoms with Crippen LogP contribution in [0.5, 0.6) is 0 Å². The Labute approximate surface area is 89.9 Å². The molecule has 0 saturated carbocycles. The van der Waals surface area contributed by atoms with Crippen LogP contribution in [0.2, 0.25) is 0 Å². The van der Waals surface area contributed by atoms with E-state index < -0.39 is 5.92 Å². The molecule has 0 bridgehead atoms. The zero-order valence-electron chi connectivity index (χ0n) is 8.97. The van der Waals surface area contributed by atoms with Gasteiger partial charge in [-0.1, -0.05) is 30.3 Å². The number of carbonyl (C=O) groups is 1. The van der Waals surface area contributed by atoms with Gasteiger partial charge >= 0.3 is 0 Å². The van der Waals surface area contributed by atoms with Crippen LogP contribution < -0.4 is 0 Å². The normalized spacial score (nSPS) is 12.1. The van der Waals surface area contributed by atoms with Gasteiger partial charge in [-0.25, -0.2) is 0 Å². The fraction of sp³-hybridized carbons (Fsp3) is 0.333. The Morgan fingerprint density at radius 2 is 2.00 bits per heavy atom. The molecule has 0 aliphatic rings. The molecule has 0 saturated heterocycles. The van der Waals surface area contributed by atoms with Crippen LogP contribution >= 0.6 is 0 Å². The Bertz CT molecular complexity index is 365. The average molecular weight is 202 g/mol. The molecule has 0 aliphatic carbocycles. The largest absolute Gasteiger partial charge is 0.302 e. The number of hydrogen-bond donors (Lipinski definition) is 0. The summed E-state index contributed by atoms with van der Waals surface area (Å²) in [4.78, 5) is 13.5. The molecule has 1 aromatic rings. The fourth-order valence-corrected chi connectivity index (χ4v) is 1.38. The van der Waals surface area contributed by atoms with Gasteiger partial charge in [0.1, 0.15) is 5.92 Å². The summed E-state index contributed by atoms with van der Waals surface area (Å²) in [6, 6.07) is 11.2. The predicted octanol–water partition coefficient (Wildman–Crippen LogP) is 1.42. The molecule has 78 valence electrons. The van der Waals surface area contributed by atoms with E-state index >= 15 is 0 Å². The lowest BCUT2D eigenvalue weighted by molar-refractivity contribution is -0.119. The van der Waals surface area contributed by atoms with E-state index in [0.717, 1.165) is 5.56 Å². The summed E-state index contributed by atoms with van der Waals surface area (Å²) in [5, 5.41) is 8.97. The molecule has 0 spiro atoms. The SMILES string of the molecule is CN(C)CC(=O)[C@@H](C#N)c1ccccc1. The molecule has 0 aliphatic heterocycles. The molecule has 0 N–H and O–H groups in total. The highest BCUT2D eigenvalue weighted by molar-refractivity contribution is 5.89. The van der Waals surface area contributed by atoms with E-state index in [1.165, 1.54) is 0 Å². The lowest BCUT2D eigenvalue weighted by Gasteiger charge is -2.12. The van der Waals surface area contributed by atoms with Crippen LogP contribution in [-0.4, -0.2) is 31.3 Å². The topological polar surface area (TPSA) is 44.1 Å². The number of nitriles is 1. The number of hydrogen-bond acceptors (Lipinski definition) is 3. The van der Waals surface area contributed by atoms with E-state index in [4.69, 9.17) is 5.26 Å². The van der Waals surface area contributed by atoms with Gasteiger partial charge in [-0.2, -0.15) is 5.26 Å². The molecule has 0 heterocycles. The third kappa shape index (κ3) is 3.19. The number of ketones is 1. The Morgan fingerprint density at radius 3 is 2.47 bits per heavy atom. The summed E-state index contributed by atoms with van der Waals surface area (Å²) < 4.78 is 0. The maximum atomic E-state index is 11.7. The van der Waals surface area contributed by atoms with E-state index in [-0.39, 0.29) is 5.78 Å². The summed E-state index contributed by atoms with van der Waals surface area (Å²) in [6.07, 6.45) is 0. The highest BCUT2D eigenvalue weighted by atomic mass is 16.1. The van der Waals surface area contributed by atoms with Crippen molar-refractivity contribution in [2.75, 3.05) is 20.6 Å². The molecule has 1 atom stereocenters. The third-order valence-corrected chi connectivity index (χ3v) is 2.06. The first kappa shape index (κ1) is 11.4. The van der Waals surface area contributed by atoms with Crippen molar-refractivity contribution >= 4 is 5.78 Å². The molecule has 3 nitrogen and oxygen atoms in total. The Kier molecular flexibility index (Phi) is 4.02. The maximum absolute atomic E-state index is 11.7. The Balaban J connectivity index is 2.82. The molecular formula is C12H14N2O. The van der Waals surface area contributed by atoms with E-state index in [0.29, 0.717) is 6.54 Å². The summed E-state index contributed by atoms with van der Waals surface area (Å²) in [6.45, 7) is 0.299. The Morgan fingerprint density at radius 1 is 1.40 bits per heavy atom. The van der Waals surface area contributed by atoms with Crippen LogP contribution in [0, 0.1) is 11.3 Å². The van der Waals surface area contributed by atoms with Gasteiger partial charge in [-0.05, 0) is 19.7 Å². The summed E-state index contributed by atoms with van der Waals surface area (Å²) in [7, 11) is 3.63. The first-order valence-corrected chi connectivity index (χ1v) is 4.77. The van der Waals surface area contributed by atoms with Crippen molar-refractivity contribution in [1.82, 2.24) is 4.90 Å². The van der Waals surface area contributed by atoms with Crippen molar-refractivity contribution in [1.29, 1.82) is 5.26 Å². The molecule has 1 aromatic carbocycles. The first-order valence-electron chi connectivity index (χ1n) is 4.77. The van der Waals surface area contributed by atoms with Gasteiger partial charge in [-0.3, -0.25) is 4.79 Å². The van der Waals surface area contributed by atoms with Crippen molar-refractivity contribution in [2.24, 2.45) is 0 Å². The van der Waals surface area contributed by atoms with Crippen molar-refractivity contribution < 1.29 is 4.79 Å². The van der Waals surface area contributed by atoms with Crippen molar-refractivity contribution in [2.45, 2.75) is 5.92 Å². The molecule has 0 fully saturated rings. The molecule has 0 unspecified atom stereocenters. The average Bonchev–Trinajstić information content (AvgIpc) is 2.19. The number of likely N-dealkylation sites (N-methyl/N-ethyl adjacent to an activating group) is 1. The van der Waals surface area contributed by atoms with Gasteiger partial charge in [0, 0.05) is 0 Å². The van der Waals surface area contributed by atoms with Gasteiger partial charge in [0.2, 0.25) is 0 Å². The second-order valence-electron chi connectivity index (χ2n) is 3.68. The van der Waals surface area contributed by atoms with Gasteiger partial charge in [0.05, 0.1) is 12.6 Å². The van der Waals surface area contributed by atoms with Crippen LogP contribution in [0.4, 0.5) is 0 Å². The quantitative estimate of drug-likeness (QED) is 0.741. The van der Waals surface area contributed by atoms with E-state index in [1.54, 1.807) is 17.0 Å². The second kappa shape index (κ2) is 5.28. The minimum absolute atomic E-state index is 0.0614. The third-order valence-electron chi connectivity index (χ3n) is 2.06. The lowest BCUT2D eigenvalue weighted by atomic mass is 9.96. The van der Waals surface area contributed by atoms with E-state index in [2.05, 4.69) is 0 Å². The molecule has 0 radical (unpaired) electrons. The second-order valence-corrected chi connectivity index (χ2v) is 3.68. The van der Waals surface area contributed by atoms with E-state index in [9.17, 15) is 4.79 Å². The fourth-order valence-electron chi connectivity index (χ4n) is 1.38. The molecule has 1 rings (SSSR count). The molecule has 0 aromatic heterocycles. The standard InChI is InChI=1S/C12H14N2O/c1-14(2)9-12(15)11(8-13)10-6-4-3-5-7-10/h3-7,11H,9H2,1-2H3/t11-/m0/s1. The summed E-state index contributed by atoms with van der Waals surface area (Å²) >= 11 is 0. The zero-order valence-corrected chi connectivity index (χ0v) is 8.97. The van der Waals surface area contributed by atoms with Gasteiger partial charge in [0.15, 0.2) is 5.78 Å². The minimum Gasteiger partial charge on any atom is -0.302 e. The maximum Gasteiger partial charge on any atom is 0.168 e. The van der Waals surface area contributed by atoms with Crippen LogP contribution in [0.3, 0.4) is 0 Å². The zero-order chi connectivity index (χ0) is 11.3. The number of nitrogens with zero attached hydrogens (tertiary/aromatic N) is 2. The smallest absolute Gasteiger partial charge is 0.168 e. The molecule has 0 amide bonds. The number of carbonyl (C=O) groups excluding carboxylic acids is 1. The number of Topliss-reactive ketones (excluding diaryl/α,β-unsaturated/α-hetero) is 1. The lowest BCUT2D eigenvalue weighted by Crippen LogP contribution is -2.25. The monoisotopic (exact) mass is 202 g/mol. The summed E-state index contributed by atoms with van der Waals surface area (Å²) in [5.41, 5.74) is 0.770. The minimum atomic E-state index is -0.645. The van der Waals surface area contributed by atoms with Crippen LogP contribution in [0.15, 0.2) is 30.3 Å². The Hall–Kier alpha value is -1.66. The highest BCUT2D eigenvalue weighted by Crippen LogP contribution is 2.15. The van der Waals surface area contributed by atoms with Gasteiger partial charge < -0.3 is 4.90 Å². The van der Waals surface area contributed by atoms with Crippen LogP contribution in [-0.2, 0) is 4.79 Å². The predicted molar refractivity (Wildman–Crippen MR) is 58.4 cm³/mol. The highest BCUT2D eigenvalue weighted by Gasteiger charge is 2.19. The number of rotatable bonds is 4. The van der Waals surface area contributed by atoms with Crippen LogP contribution in [0.1, 0.15) is 11.5 Å². The first-order chi connectivity index (χ1) is 7.15. The van der Waals surface area contributed by atoms with Gasteiger partial charge in [0.25, 0.3) is 0 Å². The number of benzene rings is 1. The summed E-state index contributed by atoms with van der Waals surface area (Å²) in [5.74, 6) is -0.706. The van der Waals surface area contributed by atoms with E-state index in [1.807, 2.05) is 38.4 Å². The van der Waals surface area contributed by atoms with Crippen LogP contribution in [0.25, 0.3) is 0 Å². The van der Waals surface area contributed by atoms with Crippen molar-refractivity contribution in [3.8, 4) is 6.07 Å². The van der Waals surface area contributed by atoms with Crippen molar-refractivity contribution in [3.63, 3.8) is 0 Å². The molecule has 15 heavy (non-hydrogen) atoms.